The van der Waals surface area contributed by atoms with Crippen molar-refractivity contribution < 1.29 is 4.74 Å². The second-order valence-corrected chi connectivity index (χ2v) is 9.21. The first kappa shape index (κ1) is 23.7. The number of thiocarbonyl (C=S) groups is 1. The normalized spacial score (nSPS) is 14.4. The molecule has 3 aromatic rings. The largest absolute Gasteiger partial charge is 0.379 e. The molecule has 1 aromatic heterocycles. The Morgan fingerprint density at radius 2 is 2.03 bits per heavy atom. The van der Waals surface area contributed by atoms with Crippen LogP contribution in [-0.4, -0.2) is 59.3 Å². The summed E-state index contributed by atoms with van der Waals surface area (Å²) >= 11 is 11.9. The van der Waals surface area contributed by atoms with E-state index in [4.69, 9.17) is 28.6 Å². The van der Waals surface area contributed by atoms with Crippen LogP contribution < -0.4 is 10.9 Å². The van der Waals surface area contributed by atoms with Crippen LogP contribution in [0.25, 0.3) is 10.9 Å². The Bertz CT molecular complexity index is 1180. The molecule has 0 spiro atoms. The van der Waals surface area contributed by atoms with Gasteiger partial charge in [-0.1, -0.05) is 29.8 Å². The standard InChI is InChI=1S/C25H29ClN4O2S/c1-18-6-7-19-15-20(24(31)28-23(19)14-18)17-30(9-3-8-29-10-12-32-13-11-29)25(33)27-22-5-2-4-21(26)16-22/h2,4-7,14-16H,3,8-13,17H2,1H3,(H,27,33)(H,28,31). The highest BCUT2D eigenvalue weighted by molar-refractivity contribution is 7.80. The lowest BCUT2D eigenvalue weighted by Gasteiger charge is -2.29. The molecule has 33 heavy (non-hydrogen) atoms. The molecule has 2 N–H and O–H groups in total. The molecule has 0 amide bonds. The van der Waals surface area contributed by atoms with E-state index in [1.807, 2.05) is 49.4 Å². The van der Waals surface area contributed by atoms with Crippen molar-refractivity contribution in [2.45, 2.75) is 19.9 Å². The number of pyridine rings is 1. The number of benzene rings is 2. The van der Waals surface area contributed by atoms with E-state index >= 15 is 0 Å². The number of halogens is 1. The van der Waals surface area contributed by atoms with Gasteiger partial charge in [0, 0.05) is 48.0 Å². The molecule has 0 aliphatic carbocycles. The van der Waals surface area contributed by atoms with Crippen molar-refractivity contribution in [2.24, 2.45) is 0 Å². The van der Waals surface area contributed by atoms with Gasteiger partial charge in [-0.2, -0.15) is 0 Å². The van der Waals surface area contributed by atoms with Gasteiger partial charge < -0.3 is 19.9 Å². The Labute approximate surface area is 204 Å². The zero-order chi connectivity index (χ0) is 23.2. The molecule has 2 heterocycles. The number of nitrogens with zero attached hydrogens (tertiary/aromatic N) is 2. The fraction of sp³-hybridized carbons (Fsp3) is 0.360. The Morgan fingerprint density at radius 3 is 2.82 bits per heavy atom. The molecule has 174 valence electrons. The van der Waals surface area contributed by atoms with Crippen molar-refractivity contribution in [1.29, 1.82) is 0 Å². The number of aromatic amines is 1. The molecule has 1 aliphatic rings. The lowest BCUT2D eigenvalue weighted by Crippen LogP contribution is -2.40. The van der Waals surface area contributed by atoms with E-state index in [0.29, 0.717) is 22.2 Å². The fourth-order valence-electron chi connectivity index (χ4n) is 4.01. The number of rotatable bonds is 7. The molecule has 2 aromatic carbocycles. The molecule has 1 saturated heterocycles. The molecule has 0 radical (unpaired) electrons. The molecule has 1 aliphatic heterocycles. The van der Waals surface area contributed by atoms with Gasteiger partial charge in [0.15, 0.2) is 5.11 Å². The Morgan fingerprint density at radius 1 is 1.21 bits per heavy atom. The number of anilines is 1. The van der Waals surface area contributed by atoms with Gasteiger partial charge >= 0.3 is 0 Å². The fourth-order valence-corrected chi connectivity index (χ4v) is 4.48. The summed E-state index contributed by atoms with van der Waals surface area (Å²) in [6.45, 7) is 7.61. The minimum absolute atomic E-state index is 0.0863. The van der Waals surface area contributed by atoms with Crippen LogP contribution in [0.3, 0.4) is 0 Å². The predicted molar refractivity (Wildman–Crippen MR) is 139 cm³/mol. The number of aryl methyl sites for hydroxylation is 1. The van der Waals surface area contributed by atoms with Crippen LogP contribution in [0.5, 0.6) is 0 Å². The molecule has 0 bridgehead atoms. The summed E-state index contributed by atoms with van der Waals surface area (Å²) in [5.41, 5.74) is 3.39. The van der Waals surface area contributed by atoms with Gasteiger partial charge in [0.2, 0.25) is 0 Å². The van der Waals surface area contributed by atoms with E-state index in [9.17, 15) is 4.79 Å². The molecule has 6 nitrogen and oxygen atoms in total. The third-order valence-electron chi connectivity index (χ3n) is 5.81. The van der Waals surface area contributed by atoms with Gasteiger partial charge in [0.05, 0.1) is 19.8 Å². The minimum Gasteiger partial charge on any atom is -0.379 e. The number of H-pyrrole nitrogens is 1. The van der Waals surface area contributed by atoms with Crippen LogP contribution in [0, 0.1) is 6.92 Å². The average Bonchev–Trinajstić information content (AvgIpc) is 2.79. The SMILES string of the molecule is Cc1ccc2cc(CN(CCCN3CCOCC3)C(=S)Nc3cccc(Cl)c3)c(=O)[nH]c2c1. The predicted octanol–water partition coefficient (Wildman–Crippen LogP) is 4.41. The molecule has 4 rings (SSSR count). The minimum atomic E-state index is -0.0863. The molecule has 1 fully saturated rings. The second-order valence-electron chi connectivity index (χ2n) is 8.38. The lowest BCUT2D eigenvalue weighted by molar-refractivity contribution is 0.0367. The van der Waals surface area contributed by atoms with Gasteiger partial charge in [-0.25, -0.2) is 0 Å². The van der Waals surface area contributed by atoms with E-state index in [2.05, 4.69) is 26.2 Å². The summed E-state index contributed by atoms with van der Waals surface area (Å²) in [6.07, 6.45) is 0.933. The molecular formula is C25H29ClN4O2S. The van der Waals surface area contributed by atoms with Crippen molar-refractivity contribution in [3.05, 3.63) is 75.0 Å². The van der Waals surface area contributed by atoms with Gasteiger partial charge in [-0.05, 0) is 66.8 Å². The maximum absolute atomic E-state index is 12.8. The number of hydrogen-bond donors (Lipinski definition) is 2. The molecule has 0 saturated carbocycles. The Hall–Kier alpha value is -2.45. The number of ether oxygens (including phenoxy) is 1. The smallest absolute Gasteiger partial charge is 0.253 e. The van der Waals surface area contributed by atoms with E-state index in [0.717, 1.165) is 68.0 Å². The van der Waals surface area contributed by atoms with Crippen molar-refractivity contribution in [3.8, 4) is 0 Å². The van der Waals surface area contributed by atoms with Crippen LogP contribution in [-0.2, 0) is 11.3 Å². The summed E-state index contributed by atoms with van der Waals surface area (Å²) in [5, 5.41) is 5.51. The van der Waals surface area contributed by atoms with Gasteiger partial charge in [-0.15, -0.1) is 0 Å². The van der Waals surface area contributed by atoms with Crippen LogP contribution in [0.1, 0.15) is 17.5 Å². The first-order chi connectivity index (χ1) is 16.0. The highest BCUT2D eigenvalue weighted by Gasteiger charge is 2.16. The average molecular weight is 485 g/mol. The highest BCUT2D eigenvalue weighted by atomic mass is 35.5. The first-order valence-corrected chi connectivity index (χ1v) is 12.0. The van der Waals surface area contributed by atoms with E-state index in [-0.39, 0.29) is 5.56 Å². The zero-order valence-electron chi connectivity index (χ0n) is 18.8. The van der Waals surface area contributed by atoms with Crippen LogP contribution in [0.15, 0.2) is 53.3 Å². The van der Waals surface area contributed by atoms with Crippen molar-refractivity contribution >= 4 is 45.5 Å². The van der Waals surface area contributed by atoms with Gasteiger partial charge in [0.25, 0.3) is 5.56 Å². The summed E-state index contributed by atoms with van der Waals surface area (Å²) in [6, 6.07) is 15.5. The highest BCUT2D eigenvalue weighted by Crippen LogP contribution is 2.17. The lowest BCUT2D eigenvalue weighted by atomic mass is 10.1. The quantitative estimate of drug-likeness (QED) is 0.484. The zero-order valence-corrected chi connectivity index (χ0v) is 20.3. The number of nitrogens with one attached hydrogen (secondary N) is 2. The Kier molecular flexibility index (Phi) is 7.98. The number of morpholine rings is 1. The third kappa shape index (κ3) is 6.54. The van der Waals surface area contributed by atoms with Gasteiger partial charge in [-0.3, -0.25) is 9.69 Å². The molecule has 8 heteroatoms. The van der Waals surface area contributed by atoms with E-state index < -0.39 is 0 Å². The molecular weight excluding hydrogens is 456 g/mol. The van der Waals surface area contributed by atoms with E-state index in [1.54, 1.807) is 0 Å². The number of hydrogen-bond acceptors (Lipinski definition) is 4. The summed E-state index contributed by atoms with van der Waals surface area (Å²) in [4.78, 5) is 20.3. The van der Waals surface area contributed by atoms with Crippen molar-refractivity contribution in [3.63, 3.8) is 0 Å². The maximum Gasteiger partial charge on any atom is 0.253 e. The maximum atomic E-state index is 12.8. The van der Waals surface area contributed by atoms with Crippen LogP contribution in [0.2, 0.25) is 5.02 Å². The summed E-state index contributed by atoms with van der Waals surface area (Å²) < 4.78 is 5.44. The molecule has 0 atom stereocenters. The summed E-state index contributed by atoms with van der Waals surface area (Å²) in [5.74, 6) is 0. The van der Waals surface area contributed by atoms with E-state index in [1.165, 1.54) is 0 Å². The second kappa shape index (κ2) is 11.1. The Balaban J connectivity index is 1.51. The van der Waals surface area contributed by atoms with Crippen molar-refractivity contribution in [1.82, 2.24) is 14.8 Å². The topological polar surface area (TPSA) is 60.6 Å². The third-order valence-corrected chi connectivity index (χ3v) is 6.40. The number of fused-ring (bicyclic) bond motifs is 1. The monoisotopic (exact) mass is 484 g/mol. The van der Waals surface area contributed by atoms with Crippen LogP contribution >= 0.6 is 23.8 Å². The molecule has 0 unspecified atom stereocenters. The summed E-state index contributed by atoms with van der Waals surface area (Å²) in [7, 11) is 0. The first-order valence-electron chi connectivity index (χ1n) is 11.2. The van der Waals surface area contributed by atoms with Gasteiger partial charge in [0.1, 0.15) is 0 Å². The van der Waals surface area contributed by atoms with Crippen molar-refractivity contribution in [2.75, 3.05) is 44.7 Å². The number of aromatic nitrogens is 1. The van der Waals surface area contributed by atoms with Crippen LogP contribution in [0.4, 0.5) is 5.69 Å².